The molecule has 0 saturated heterocycles. The van der Waals surface area contributed by atoms with E-state index in [9.17, 15) is 9.59 Å². The number of thiazole rings is 1. The van der Waals surface area contributed by atoms with Gasteiger partial charge in [0.1, 0.15) is 5.75 Å². The number of carbonyl (C=O) groups is 2. The van der Waals surface area contributed by atoms with Gasteiger partial charge in [-0.2, -0.15) is 0 Å². The lowest BCUT2D eigenvalue weighted by Crippen LogP contribution is -2.20. The molecular formula is C18H15N3O3S. The highest BCUT2D eigenvalue weighted by atomic mass is 32.1. The summed E-state index contributed by atoms with van der Waals surface area (Å²) in [6.45, 7) is -0.112. The molecule has 2 aromatic carbocycles. The van der Waals surface area contributed by atoms with Crippen LogP contribution in [0.4, 0.5) is 10.8 Å². The molecule has 0 spiro atoms. The molecule has 0 aliphatic rings. The van der Waals surface area contributed by atoms with E-state index >= 15 is 0 Å². The molecule has 3 rings (SSSR count). The Hall–Kier alpha value is -3.19. The second-order valence-corrected chi connectivity index (χ2v) is 5.92. The molecule has 0 atom stereocenters. The van der Waals surface area contributed by atoms with E-state index in [1.807, 2.05) is 18.2 Å². The van der Waals surface area contributed by atoms with Crippen molar-refractivity contribution in [3.8, 4) is 5.75 Å². The number of nitrogens with zero attached hydrogens (tertiary/aromatic N) is 1. The van der Waals surface area contributed by atoms with Crippen LogP contribution in [0.2, 0.25) is 0 Å². The molecular weight excluding hydrogens is 338 g/mol. The molecule has 0 saturated carbocycles. The topological polar surface area (TPSA) is 80.3 Å². The number of carbonyl (C=O) groups excluding carboxylic acids is 2. The maximum atomic E-state index is 12.2. The van der Waals surface area contributed by atoms with Crippen LogP contribution >= 0.6 is 11.3 Å². The van der Waals surface area contributed by atoms with E-state index in [0.29, 0.717) is 22.1 Å². The first-order valence-corrected chi connectivity index (χ1v) is 8.37. The summed E-state index contributed by atoms with van der Waals surface area (Å²) in [5, 5.41) is 7.71. The number of benzene rings is 2. The lowest BCUT2D eigenvalue weighted by Gasteiger charge is -2.08. The standard InChI is InChI=1S/C18H15N3O3S/c22-16(12-24-15-7-2-1-3-8-15)20-14-6-4-5-13(11-14)17(23)21-18-19-9-10-25-18/h1-11H,12H2,(H,20,22)(H,19,21,23). The van der Waals surface area contributed by atoms with Crippen LogP contribution in [0.15, 0.2) is 66.2 Å². The lowest BCUT2D eigenvalue weighted by atomic mass is 10.2. The third-order valence-electron chi connectivity index (χ3n) is 3.17. The van der Waals surface area contributed by atoms with Crippen molar-refractivity contribution in [3.63, 3.8) is 0 Å². The van der Waals surface area contributed by atoms with Gasteiger partial charge in [-0.05, 0) is 30.3 Å². The van der Waals surface area contributed by atoms with Gasteiger partial charge in [0, 0.05) is 22.8 Å². The van der Waals surface area contributed by atoms with Gasteiger partial charge >= 0.3 is 0 Å². The number of hydrogen-bond donors (Lipinski definition) is 2. The van der Waals surface area contributed by atoms with Gasteiger partial charge in [0.25, 0.3) is 11.8 Å². The molecule has 1 heterocycles. The van der Waals surface area contributed by atoms with Crippen LogP contribution in [0.25, 0.3) is 0 Å². The Bertz CT molecular complexity index is 851. The number of amides is 2. The normalized spacial score (nSPS) is 10.1. The molecule has 0 fully saturated rings. The van der Waals surface area contributed by atoms with Gasteiger partial charge in [-0.1, -0.05) is 24.3 Å². The lowest BCUT2D eigenvalue weighted by molar-refractivity contribution is -0.118. The number of nitrogens with one attached hydrogen (secondary N) is 2. The van der Waals surface area contributed by atoms with Crippen molar-refractivity contribution in [1.82, 2.24) is 4.98 Å². The average Bonchev–Trinajstić information content (AvgIpc) is 3.14. The van der Waals surface area contributed by atoms with Gasteiger partial charge in [0.15, 0.2) is 11.7 Å². The van der Waals surface area contributed by atoms with Crippen molar-refractivity contribution in [1.29, 1.82) is 0 Å². The maximum absolute atomic E-state index is 12.2. The van der Waals surface area contributed by atoms with E-state index in [1.165, 1.54) is 11.3 Å². The summed E-state index contributed by atoms with van der Waals surface area (Å²) >= 11 is 1.34. The van der Waals surface area contributed by atoms with Crippen LogP contribution in [0.1, 0.15) is 10.4 Å². The summed E-state index contributed by atoms with van der Waals surface area (Å²) in [6.07, 6.45) is 1.61. The fourth-order valence-electron chi connectivity index (χ4n) is 2.06. The molecule has 2 amide bonds. The molecule has 0 aliphatic carbocycles. The monoisotopic (exact) mass is 353 g/mol. The molecule has 0 bridgehead atoms. The number of ether oxygens (including phenoxy) is 1. The second kappa shape index (κ2) is 8.07. The zero-order valence-electron chi connectivity index (χ0n) is 13.1. The van der Waals surface area contributed by atoms with Crippen molar-refractivity contribution >= 4 is 34.0 Å². The van der Waals surface area contributed by atoms with Crippen molar-refractivity contribution in [2.75, 3.05) is 17.2 Å². The summed E-state index contributed by atoms with van der Waals surface area (Å²) in [6, 6.07) is 15.8. The van der Waals surface area contributed by atoms with Gasteiger partial charge in [0.05, 0.1) is 0 Å². The van der Waals surface area contributed by atoms with Gasteiger partial charge in [0.2, 0.25) is 0 Å². The van der Waals surface area contributed by atoms with Gasteiger partial charge in [-0.25, -0.2) is 4.98 Å². The fourth-order valence-corrected chi connectivity index (χ4v) is 2.58. The van der Waals surface area contributed by atoms with Crippen molar-refractivity contribution in [3.05, 3.63) is 71.7 Å². The Morgan fingerprint density at radius 1 is 1.04 bits per heavy atom. The molecule has 126 valence electrons. The minimum absolute atomic E-state index is 0.112. The quantitative estimate of drug-likeness (QED) is 0.712. The largest absolute Gasteiger partial charge is 0.484 e. The van der Waals surface area contributed by atoms with E-state index in [1.54, 1.807) is 48.0 Å². The second-order valence-electron chi connectivity index (χ2n) is 5.02. The molecule has 0 radical (unpaired) electrons. The SMILES string of the molecule is O=C(COc1ccccc1)Nc1cccc(C(=O)Nc2nccs2)c1. The fraction of sp³-hybridized carbons (Fsp3) is 0.0556. The number of rotatable bonds is 6. The maximum Gasteiger partial charge on any atom is 0.262 e. The van der Waals surface area contributed by atoms with Crippen LogP contribution < -0.4 is 15.4 Å². The summed E-state index contributed by atoms with van der Waals surface area (Å²) in [4.78, 5) is 28.2. The Kier molecular flexibility index (Phi) is 5.38. The molecule has 0 unspecified atom stereocenters. The third kappa shape index (κ3) is 4.89. The Balaban J connectivity index is 1.57. The number of hydrogen-bond acceptors (Lipinski definition) is 5. The van der Waals surface area contributed by atoms with Gasteiger partial charge in [-0.3, -0.25) is 14.9 Å². The minimum Gasteiger partial charge on any atom is -0.484 e. The minimum atomic E-state index is -0.304. The Labute approximate surface area is 148 Å². The molecule has 7 heteroatoms. The van der Waals surface area contributed by atoms with E-state index in [0.717, 1.165) is 0 Å². The Morgan fingerprint density at radius 2 is 1.88 bits per heavy atom. The summed E-state index contributed by atoms with van der Waals surface area (Å²) in [5.41, 5.74) is 0.949. The predicted octanol–water partition coefficient (Wildman–Crippen LogP) is 3.41. The molecule has 1 aromatic heterocycles. The zero-order chi connectivity index (χ0) is 17.5. The first-order valence-electron chi connectivity index (χ1n) is 7.49. The zero-order valence-corrected chi connectivity index (χ0v) is 14.0. The van der Waals surface area contributed by atoms with Crippen LogP contribution in [0.3, 0.4) is 0 Å². The number of para-hydroxylation sites is 1. The van der Waals surface area contributed by atoms with E-state index in [4.69, 9.17) is 4.74 Å². The molecule has 3 aromatic rings. The van der Waals surface area contributed by atoms with Crippen molar-refractivity contribution < 1.29 is 14.3 Å². The van der Waals surface area contributed by atoms with E-state index in [-0.39, 0.29) is 18.4 Å². The first kappa shape index (κ1) is 16.7. The predicted molar refractivity (Wildman–Crippen MR) is 97.1 cm³/mol. The average molecular weight is 353 g/mol. The summed E-state index contributed by atoms with van der Waals surface area (Å²) < 4.78 is 5.39. The van der Waals surface area contributed by atoms with Crippen LogP contribution in [0, 0.1) is 0 Å². The number of aromatic nitrogens is 1. The third-order valence-corrected chi connectivity index (χ3v) is 3.86. The molecule has 6 nitrogen and oxygen atoms in total. The highest BCUT2D eigenvalue weighted by Gasteiger charge is 2.10. The van der Waals surface area contributed by atoms with Gasteiger partial charge < -0.3 is 10.1 Å². The summed E-state index contributed by atoms with van der Waals surface area (Å²) in [7, 11) is 0. The summed E-state index contributed by atoms with van der Waals surface area (Å²) in [5.74, 6) is 0.0298. The van der Waals surface area contributed by atoms with Crippen molar-refractivity contribution in [2.45, 2.75) is 0 Å². The van der Waals surface area contributed by atoms with Gasteiger partial charge in [-0.15, -0.1) is 11.3 Å². The van der Waals surface area contributed by atoms with E-state index < -0.39 is 0 Å². The van der Waals surface area contributed by atoms with Crippen LogP contribution in [-0.4, -0.2) is 23.4 Å². The number of anilines is 2. The van der Waals surface area contributed by atoms with Crippen molar-refractivity contribution in [2.24, 2.45) is 0 Å². The molecule has 25 heavy (non-hydrogen) atoms. The highest BCUT2D eigenvalue weighted by Crippen LogP contribution is 2.15. The highest BCUT2D eigenvalue weighted by molar-refractivity contribution is 7.13. The van der Waals surface area contributed by atoms with Crippen LogP contribution in [-0.2, 0) is 4.79 Å². The molecule has 2 N–H and O–H groups in total. The Morgan fingerprint density at radius 3 is 2.64 bits per heavy atom. The first-order chi connectivity index (χ1) is 12.2. The molecule has 0 aliphatic heterocycles. The smallest absolute Gasteiger partial charge is 0.262 e. The van der Waals surface area contributed by atoms with E-state index in [2.05, 4.69) is 15.6 Å². The van der Waals surface area contributed by atoms with Crippen LogP contribution in [0.5, 0.6) is 5.75 Å².